The summed E-state index contributed by atoms with van der Waals surface area (Å²) < 4.78 is 0. The molecule has 0 saturated heterocycles. The number of halogens is 1. The minimum Gasteiger partial charge on any atom is -0.371 e. The van der Waals surface area contributed by atoms with Gasteiger partial charge < -0.3 is 4.90 Å². The van der Waals surface area contributed by atoms with E-state index < -0.39 is 0 Å². The summed E-state index contributed by atoms with van der Waals surface area (Å²) in [5.74, 6) is 0.826. The van der Waals surface area contributed by atoms with E-state index in [0.717, 1.165) is 11.2 Å². The van der Waals surface area contributed by atoms with Gasteiger partial charge in [-0.05, 0) is 36.8 Å². The second-order valence-electron chi connectivity index (χ2n) is 4.74. The predicted octanol–water partition coefficient (Wildman–Crippen LogP) is 3.86. The van der Waals surface area contributed by atoms with Crippen LogP contribution in [-0.2, 0) is 6.42 Å². The minimum absolute atomic E-state index is 0.826. The quantitative estimate of drug-likeness (QED) is 0.741. The smallest absolute Gasteiger partial charge is 0.0399 e. The van der Waals surface area contributed by atoms with Gasteiger partial charge in [-0.1, -0.05) is 41.1 Å². The van der Waals surface area contributed by atoms with Crippen LogP contribution in [0, 0.1) is 5.92 Å². The van der Waals surface area contributed by atoms with Crippen LogP contribution in [0.2, 0.25) is 0 Å². The van der Waals surface area contributed by atoms with Crippen molar-refractivity contribution in [2.75, 3.05) is 23.3 Å². The van der Waals surface area contributed by atoms with Crippen molar-refractivity contribution in [3.63, 3.8) is 0 Å². The highest BCUT2D eigenvalue weighted by Crippen LogP contribution is 2.28. The van der Waals surface area contributed by atoms with Crippen LogP contribution >= 0.6 is 15.9 Å². The number of anilines is 1. The lowest BCUT2D eigenvalue weighted by Crippen LogP contribution is -2.23. The Morgan fingerprint density at radius 2 is 2.12 bits per heavy atom. The molecule has 0 spiro atoms. The summed E-state index contributed by atoms with van der Waals surface area (Å²) in [6, 6.07) is 8.82. The number of alkyl halides is 1. The molecule has 1 aromatic rings. The first-order chi connectivity index (χ1) is 7.81. The van der Waals surface area contributed by atoms with E-state index in [9.17, 15) is 0 Å². The normalized spacial score (nSPS) is 16.2. The number of hydrogen-bond donors (Lipinski definition) is 0. The van der Waals surface area contributed by atoms with Gasteiger partial charge in [0.2, 0.25) is 0 Å². The van der Waals surface area contributed by atoms with Crippen molar-refractivity contribution in [3.8, 4) is 0 Å². The summed E-state index contributed by atoms with van der Waals surface area (Å²) in [6.45, 7) is 4.77. The van der Waals surface area contributed by atoms with Crippen LogP contribution in [0.4, 0.5) is 5.69 Å². The molecule has 1 unspecified atom stereocenters. The van der Waals surface area contributed by atoms with E-state index in [4.69, 9.17) is 0 Å². The van der Waals surface area contributed by atoms with Crippen LogP contribution in [0.1, 0.15) is 25.3 Å². The van der Waals surface area contributed by atoms with Gasteiger partial charge in [-0.15, -0.1) is 0 Å². The Bertz CT molecular complexity index is 337. The molecule has 0 saturated carbocycles. The molecule has 88 valence electrons. The molecule has 1 nitrogen and oxygen atoms in total. The van der Waals surface area contributed by atoms with E-state index in [-0.39, 0.29) is 0 Å². The Kier molecular flexibility index (Phi) is 4.28. The monoisotopic (exact) mass is 281 g/mol. The van der Waals surface area contributed by atoms with Gasteiger partial charge in [0.05, 0.1) is 0 Å². The van der Waals surface area contributed by atoms with Gasteiger partial charge in [-0.3, -0.25) is 0 Å². The minimum atomic E-state index is 0.826. The van der Waals surface area contributed by atoms with E-state index in [1.165, 1.54) is 43.6 Å². The molecule has 16 heavy (non-hydrogen) atoms. The molecule has 0 amide bonds. The summed E-state index contributed by atoms with van der Waals surface area (Å²) in [6.07, 6.45) is 3.82. The van der Waals surface area contributed by atoms with E-state index in [1.807, 2.05) is 0 Å². The number of rotatable bonds is 5. The van der Waals surface area contributed by atoms with Crippen LogP contribution in [0.25, 0.3) is 0 Å². The third-order valence-corrected chi connectivity index (χ3v) is 3.93. The zero-order valence-electron chi connectivity index (χ0n) is 9.95. The number of nitrogens with zero attached hydrogens (tertiary/aromatic N) is 1. The second-order valence-corrected chi connectivity index (χ2v) is 5.53. The standard InChI is InChI=1S/C14H20BrN/c1-12(6-9-15)7-10-16-11-8-13-4-2-3-5-14(13)16/h2-5,12H,6-11H2,1H3. The molecule has 2 heteroatoms. The topological polar surface area (TPSA) is 3.24 Å². The van der Waals surface area contributed by atoms with Crippen molar-refractivity contribution >= 4 is 21.6 Å². The molecule has 2 rings (SSSR count). The molecule has 1 aliphatic rings. The fourth-order valence-electron chi connectivity index (χ4n) is 2.35. The van der Waals surface area contributed by atoms with E-state index >= 15 is 0 Å². The van der Waals surface area contributed by atoms with Crippen molar-refractivity contribution in [2.24, 2.45) is 5.92 Å². The van der Waals surface area contributed by atoms with Gasteiger partial charge in [-0.2, -0.15) is 0 Å². The van der Waals surface area contributed by atoms with Gasteiger partial charge in [-0.25, -0.2) is 0 Å². The first-order valence-corrected chi connectivity index (χ1v) is 7.32. The van der Waals surface area contributed by atoms with Crippen molar-refractivity contribution in [3.05, 3.63) is 29.8 Å². The van der Waals surface area contributed by atoms with E-state index in [2.05, 4.69) is 52.0 Å². The molecule has 0 radical (unpaired) electrons. The largest absolute Gasteiger partial charge is 0.371 e. The Labute approximate surface area is 107 Å². The first kappa shape index (κ1) is 12.0. The molecular weight excluding hydrogens is 262 g/mol. The maximum atomic E-state index is 3.52. The maximum absolute atomic E-state index is 3.52. The molecule has 0 aliphatic carbocycles. The lowest BCUT2D eigenvalue weighted by Gasteiger charge is -2.21. The second kappa shape index (κ2) is 5.72. The maximum Gasteiger partial charge on any atom is 0.0399 e. The molecule has 0 aromatic heterocycles. The van der Waals surface area contributed by atoms with Crippen molar-refractivity contribution in [2.45, 2.75) is 26.2 Å². The van der Waals surface area contributed by atoms with Gasteiger partial charge in [0.1, 0.15) is 0 Å². The fourth-order valence-corrected chi connectivity index (χ4v) is 3.13. The van der Waals surface area contributed by atoms with Gasteiger partial charge >= 0.3 is 0 Å². The Balaban J connectivity index is 1.88. The third kappa shape index (κ3) is 2.79. The van der Waals surface area contributed by atoms with Gasteiger partial charge in [0.25, 0.3) is 0 Å². The highest BCUT2D eigenvalue weighted by molar-refractivity contribution is 9.09. The summed E-state index contributed by atoms with van der Waals surface area (Å²) >= 11 is 3.52. The third-order valence-electron chi connectivity index (χ3n) is 3.48. The van der Waals surface area contributed by atoms with Crippen LogP contribution in [0.5, 0.6) is 0 Å². The number of fused-ring (bicyclic) bond motifs is 1. The van der Waals surface area contributed by atoms with Crippen molar-refractivity contribution < 1.29 is 0 Å². The summed E-state index contributed by atoms with van der Waals surface area (Å²) in [5.41, 5.74) is 2.99. The van der Waals surface area contributed by atoms with E-state index in [1.54, 1.807) is 0 Å². The molecule has 1 heterocycles. The number of benzene rings is 1. The van der Waals surface area contributed by atoms with Gasteiger partial charge in [0.15, 0.2) is 0 Å². The molecule has 0 N–H and O–H groups in total. The summed E-state index contributed by atoms with van der Waals surface area (Å²) in [7, 11) is 0. The molecule has 1 aromatic carbocycles. The first-order valence-electron chi connectivity index (χ1n) is 6.20. The van der Waals surface area contributed by atoms with Crippen molar-refractivity contribution in [1.29, 1.82) is 0 Å². The Morgan fingerprint density at radius 1 is 1.31 bits per heavy atom. The van der Waals surface area contributed by atoms with Crippen molar-refractivity contribution in [1.82, 2.24) is 0 Å². The predicted molar refractivity (Wildman–Crippen MR) is 74.6 cm³/mol. The van der Waals surface area contributed by atoms with Crippen LogP contribution < -0.4 is 4.90 Å². The summed E-state index contributed by atoms with van der Waals surface area (Å²) in [4.78, 5) is 2.54. The zero-order chi connectivity index (χ0) is 11.4. The molecule has 0 fully saturated rings. The number of para-hydroxylation sites is 1. The summed E-state index contributed by atoms with van der Waals surface area (Å²) in [5, 5.41) is 1.13. The Hall–Kier alpha value is -0.500. The molecule has 1 aliphatic heterocycles. The lowest BCUT2D eigenvalue weighted by atomic mass is 10.1. The number of hydrogen-bond acceptors (Lipinski definition) is 1. The SMILES string of the molecule is CC(CCBr)CCN1CCc2ccccc21. The van der Waals surface area contributed by atoms with E-state index in [0.29, 0.717) is 0 Å². The lowest BCUT2D eigenvalue weighted by molar-refractivity contribution is 0.519. The van der Waals surface area contributed by atoms with Crippen LogP contribution in [0.15, 0.2) is 24.3 Å². The highest BCUT2D eigenvalue weighted by atomic mass is 79.9. The molecule has 1 atom stereocenters. The molecule has 0 bridgehead atoms. The van der Waals surface area contributed by atoms with Crippen LogP contribution in [-0.4, -0.2) is 18.4 Å². The van der Waals surface area contributed by atoms with Gasteiger partial charge in [0, 0.05) is 24.1 Å². The highest BCUT2D eigenvalue weighted by Gasteiger charge is 2.18. The fraction of sp³-hybridized carbons (Fsp3) is 0.571. The van der Waals surface area contributed by atoms with Crippen LogP contribution in [0.3, 0.4) is 0 Å². The Morgan fingerprint density at radius 3 is 2.94 bits per heavy atom. The average molecular weight is 282 g/mol. The molecular formula is C14H20BrN. The zero-order valence-corrected chi connectivity index (χ0v) is 11.5. The average Bonchev–Trinajstić information content (AvgIpc) is 2.70.